The van der Waals surface area contributed by atoms with Crippen LogP contribution in [-0.4, -0.2) is 82.3 Å². The molecule has 2 atom stereocenters. The van der Waals surface area contributed by atoms with Crippen molar-refractivity contribution >= 4 is 17.9 Å². The molecule has 9 heteroatoms. The number of quaternary nitrogens is 1. The van der Waals surface area contributed by atoms with E-state index >= 15 is 0 Å². The molecule has 0 radical (unpaired) electrons. The summed E-state index contributed by atoms with van der Waals surface area (Å²) in [6, 6.07) is 0. The second-order valence-electron chi connectivity index (χ2n) is 17.7. The van der Waals surface area contributed by atoms with Gasteiger partial charge in [0.15, 0.2) is 12.4 Å². The van der Waals surface area contributed by atoms with Gasteiger partial charge < -0.3 is 33.3 Å². The molecule has 0 aliphatic rings. The lowest BCUT2D eigenvalue weighted by atomic mass is 10.0. The summed E-state index contributed by atoms with van der Waals surface area (Å²) < 4.78 is 22.6. The van der Waals surface area contributed by atoms with Crippen molar-refractivity contribution in [3.05, 3.63) is 48.6 Å². The first-order valence-corrected chi connectivity index (χ1v) is 24.8. The van der Waals surface area contributed by atoms with Crippen LogP contribution in [0.5, 0.6) is 0 Å². The Bertz CT molecular complexity index is 1140. The largest absolute Gasteiger partial charge is 0.545 e. The highest BCUT2D eigenvalue weighted by atomic mass is 16.7. The molecular formula is C52H93NO8. The van der Waals surface area contributed by atoms with E-state index in [1.165, 1.54) is 89.9 Å². The fourth-order valence-corrected chi connectivity index (χ4v) is 6.76. The highest BCUT2D eigenvalue weighted by molar-refractivity contribution is 5.70. The number of carbonyl (C=O) groups is 3. The zero-order chi connectivity index (χ0) is 44.9. The number of ether oxygens (including phenoxy) is 4. The molecule has 0 aromatic rings. The number of hydrogen-bond donors (Lipinski definition) is 0. The van der Waals surface area contributed by atoms with Crippen molar-refractivity contribution in [3.8, 4) is 0 Å². The van der Waals surface area contributed by atoms with Crippen LogP contribution in [-0.2, 0) is 33.3 Å². The lowest BCUT2D eigenvalue weighted by Gasteiger charge is -2.26. The van der Waals surface area contributed by atoms with Gasteiger partial charge in [0.2, 0.25) is 0 Å². The average molecular weight is 860 g/mol. The molecule has 0 amide bonds. The number of unbranched alkanes of at least 4 members (excludes halogenated alkanes) is 22. The summed E-state index contributed by atoms with van der Waals surface area (Å²) in [5.74, 6) is -2.30. The molecule has 0 saturated heterocycles. The second kappa shape index (κ2) is 43.9. The van der Waals surface area contributed by atoms with Gasteiger partial charge in [0.25, 0.3) is 0 Å². The van der Waals surface area contributed by atoms with E-state index < -0.39 is 24.3 Å². The molecule has 9 nitrogen and oxygen atoms in total. The third kappa shape index (κ3) is 45.1. The van der Waals surface area contributed by atoms with Gasteiger partial charge >= 0.3 is 11.9 Å². The second-order valence-corrected chi connectivity index (χ2v) is 17.7. The third-order valence-corrected chi connectivity index (χ3v) is 10.6. The van der Waals surface area contributed by atoms with Crippen LogP contribution in [0.3, 0.4) is 0 Å². The van der Waals surface area contributed by atoms with Gasteiger partial charge in [-0.25, -0.2) is 0 Å². The normalized spacial score (nSPS) is 13.3. The quantitative estimate of drug-likeness (QED) is 0.0196. The number of nitrogens with zero attached hydrogens (tertiary/aromatic N) is 1. The molecule has 0 spiro atoms. The zero-order valence-corrected chi connectivity index (χ0v) is 40.0. The van der Waals surface area contributed by atoms with Crippen molar-refractivity contribution in [2.24, 2.45) is 0 Å². The number of carbonyl (C=O) groups excluding carboxylic acids is 3. The van der Waals surface area contributed by atoms with Gasteiger partial charge in [0, 0.05) is 12.8 Å². The zero-order valence-electron chi connectivity index (χ0n) is 40.0. The number of carboxylic acids is 1. The molecule has 0 saturated carbocycles. The first kappa shape index (κ1) is 58.2. The maximum atomic E-state index is 12.8. The van der Waals surface area contributed by atoms with Crippen LogP contribution >= 0.6 is 0 Å². The van der Waals surface area contributed by atoms with Crippen molar-refractivity contribution < 1.29 is 42.9 Å². The van der Waals surface area contributed by atoms with Crippen molar-refractivity contribution in [3.63, 3.8) is 0 Å². The van der Waals surface area contributed by atoms with Gasteiger partial charge in [-0.05, 0) is 51.4 Å². The van der Waals surface area contributed by atoms with Crippen LogP contribution in [0.25, 0.3) is 0 Å². The predicted molar refractivity (Wildman–Crippen MR) is 251 cm³/mol. The van der Waals surface area contributed by atoms with Crippen molar-refractivity contribution in [2.75, 3.05) is 47.5 Å². The average Bonchev–Trinajstić information content (AvgIpc) is 3.22. The lowest BCUT2D eigenvalue weighted by molar-refractivity contribution is -0.870. The Hall–Kier alpha value is -2.75. The fraction of sp³-hybridized carbons (Fsp3) is 0.788. The Labute approximate surface area is 374 Å². The summed E-state index contributed by atoms with van der Waals surface area (Å²) in [6.45, 7) is 4.63. The molecule has 0 N–H and O–H groups in total. The molecular weight excluding hydrogens is 767 g/mol. The number of hydrogen-bond acceptors (Lipinski definition) is 8. The Morgan fingerprint density at radius 2 is 0.934 bits per heavy atom. The van der Waals surface area contributed by atoms with E-state index in [2.05, 4.69) is 62.5 Å². The molecule has 61 heavy (non-hydrogen) atoms. The minimum absolute atomic E-state index is 0.144. The fourth-order valence-electron chi connectivity index (χ4n) is 6.76. The summed E-state index contributed by atoms with van der Waals surface area (Å²) in [6.07, 6.45) is 48.5. The number of aliphatic carboxylic acids is 1. The maximum Gasteiger partial charge on any atom is 0.306 e. The van der Waals surface area contributed by atoms with Crippen LogP contribution in [0, 0.1) is 0 Å². The minimum Gasteiger partial charge on any atom is -0.545 e. The smallest absolute Gasteiger partial charge is 0.306 e. The van der Waals surface area contributed by atoms with E-state index in [0.717, 1.165) is 83.5 Å². The van der Waals surface area contributed by atoms with Gasteiger partial charge in [-0.1, -0.05) is 191 Å². The molecule has 354 valence electrons. The monoisotopic (exact) mass is 860 g/mol. The summed E-state index contributed by atoms with van der Waals surface area (Å²) in [4.78, 5) is 37.1. The van der Waals surface area contributed by atoms with E-state index in [1.54, 1.807) is 0 Å². The van der Waals surface area contributed by atoms with Crippen molar-refractivity contribution in [1.29, 1.82) is 0 Å². The molecule has 0 aromatic carbocycles. The van der Waals surface area contributed by atoms with Crippen LogP contribution in [0.1, 0.15) is 206 Å². The summed E-state index contributed by atoms with van der Waals surface area (Å²) in [5.41, 5.74) is 0. The Balaban J connectivity index is 4.39. The van der Waals surface area contributed by atoms with Gasteiger partial charge in [-0.2, -0.15) is 0 Å². The standard InChI is InChI=1S/C52H93NO8/c1-6-8-10-12-14-16-18-20-22-24-25-27-29-31-33-35-37-39-41-43-50(55)61-48(47-60-52(51(56)57)58-45-44-53(3,4)5)46-59-49(54)42-40-38-36-34-32-30-28-26-23-21-19-17-15-13-11-9-7-2/h8,10,14,16,20,22,25,27,48,52H,6-7,9,11-13,15,17-19,21,23-24,26,28-47H2,1-5H3/b10-8-,16-14-,22-20-,27-25-. The molecule has 0 aliphatic heterocycles. The van der Waals surface area contributed by atoms with E-state index in [4.69, 9.17) is 18.9 Å². The summed E-state index contributed by atoms with van der Waals surface area (Å²) in [5, 5.41) is 11.7. The van der Waals surface area contributed by atoms with Crippen LogP contribution in [0.4, 0.5) is 0 Å². The number of carboxylic acid groups (broad SMARTS) is 1. The van der Waals surface area contributed by atoms with Gasteiger partial charge in [-0.15, -0.1) is 0 Å². The molecule has 0 fully saturated rings. The topological polar surface area (TPSA) is 111 Å². The summed E-state index contributed by atoms with van der Waals surface area (Å²) >= 11 is 0. The van der Waals surface area contributed by atoms with Crippen molar-refractivity contribution in [1.82, 2.24) is 0 Å². The number of likely N-dealkylation sites (N-methyl/N-ethyl adjacent to an activating group) is 1. The van der Waals surface area contributed by atoms with Gasteiger partial charge in [0.05, 0.1) is 40.3 Å². The Kier molecular flexibility index (Phi) is 41.9. The SMILES string of the molecule is CC/C=C\C/C=C\C/C=C\C/C=C\CCCCCCCCC(=O)OC(COC(=O)CCCCCCCCCCCCCCCCCCC)COC(OCC[N+](C)(C)C)C(=O)[O-]. The third-order valence-electron chi connectivity index (χ3n) is 10.6. The van der Waals surface area contributed by atoms with Crippen LogP contribution < -0.4 is 5.11 Å². The van der Waals surface area contributed by atoms with E-state index in [-0.39, 0.29) is 32.2 Å². The van der Waals surface area contributed by atoms with Crippen molar-refractivity contribution in [2.45, 2.75) is 219 Å². The first-order valence-electron chi connectivity index (χ1n) is 24.8. The van der Waals surface area contributed by atoms with Crippen LogP contribution in [0.15, 0.2) is 48.6 Å². The highest BCUT2D eigenvalue weighted by Gasteiger charge is 2.21. The van der Waals surface area contributed by atoms with Gasteiger partial charge in [0.1, 0.15) is 13.2 Å². The molecule has 2 unspecified atom stereocenters. The lowest BCUT2D eigenvalue weighted by Crippen LogP contribution is -2.44. The Morgan fingerprint density at radius 3 is 1.39 bits per heavy atom. The van der Waals surface area contributed by atoms with E-state index in [0.29, 0.717) is 23.9 Å². The van der Waals surface area contributed by atoms with Crippen LogP contribution in [0.2, 0.25) is 0 Å². The molecule has 0 aromatic heterocycles. The number of esters is 2. The summed E-state index contributed by atoms with van der Waals surface area (Å²) in [7, 11) is 5.91. The highest BCUT2D eigenvalue weighted by Crippen LogP contribution is 2.15. The molecule has 0 rings (SSSR count). The minimum atomic E-state index is -1.62. The molecule has 0 bridgehead atoms. The first-order chi connectivity index (χ1) is 29.6. The molecule has 0 aliphatic carbocycles. The predicted octanol–water partition coefficient (Wildman–Crippen LogP) is 12.2. The number of allylic oxidation sites excluding steroid dienone is 8. The maximum absolute atomic E-state index is 12.8. The van der Waals surface area contributed by atoms with E-state index in [1.807, 2.05) is 21.1 Å². The van der Waals surface area contributed by atoms with Gasteiger partial charge in [-0.3, -0.25) is 9.59 Å². The Morgan fingerprint density at radius 1 is 0.508 bits per heavy atom. The van der Waals surface area contributed by atoms with E-state index in [9.17, 15) is 19.5 Å². The number of rotatable bonds is 45. The molecule has 0 heterocycles.